The molecule has 1 N–H and O–H groups in total. The maximum Gasteiger partial charge on any atom is 0.244 e. The van der Waals surface area contributed by atoms with E-state index in [0.717, 1.165) is 19.3 Å². The van der Waals surface area contributed by atoms with E-state index in [1.807, 2.05) is 6.92 Å². The molecular formula is C13H24N2O3S. The van der Waals surface area contributed by atoms with Crippen LogP contribution in [-0.2, 0) is 23.2 Å². The fraction of sp³-hybridized carbons (Fsp3) is 0.692. The lowest BCUT2D eigenvalue weighted by molar-refractivity contribution is 0.271. The lowest BCUT2D eigenvalue weighted by atomic mass is 10.2. The summed E-state index contributed by atoms with van der Waals surface area (Å²) in [6.07, 6.45) is 4.55. The Bertz CT molecular complexity index is 472. The Morgan fingerprint density at radius 3 is 2.47 bits per heavy atom. The van der Waals surface area contributed by atoms with Gasteiger partial charge in [-0.3, -0.25) is 0 Å². The zero-order valence-corrected chi connectivity index (χ0v) is 12.8. The predicted octanol–water partition coefficient (Wildman–Crippen LogP) is 1.81. The first-order chi connectivity index (χ1) is 8.97. The van der Waals surface area contributed by atoms with Gasteiger partial charge in [0.15, 0.2) is 0 Å². The van der Waals surface area contributed by atoms with Gasteiger partial charge in [-0.05, 0) is 19.4 Å². The summed E-state index contributed by atoms with van der Waals surface area (Å²) in [5, 5.41) is 9.21. The number of sulfonamides is 1. The molecule has 1 aromatic rings. The zero-order valence-electron chi connectivity index (χ0n) is 12.0. The number of hydrogen-bond donors (Lipinski definition) is 1. The van der Waals surface area contributed by atoms with Crippen LogP contribution in [0, 0.1) is 0 Å². The summed E-state index contributed by atoms with van der Waals surface area (Å²) in [5.41, 5.74) is 0.628. The number of hydrogen-bond acceptors (Lipinski definition) is 3. The number of aliphatic hydroxyl groups excluding tert-OH is 1. The number of rotatable bonds is 8. The quantitative estimate of drug-likeness (QED) is 0.742. The van der Waals surface area contributed by atoms with Gasteiger partial charge in [-0.2, -0.15) is 0 Å². The molecule has 19 heavy (non-hydrogen) atoms. The Kier molecular flexibility index (Phi) is 6.03. The molecule has 5 nitrogen and oxygen atoms in total. The average molecular weight is 288 g/mol. The maximum absolute atomic E-state index is 12.4. The molecule has 1 aromatic heterocycles. The van der Waals surface area contributed by atoms with Crippen molar-refractivity contribution in [2.75, 3.05) is 13.6 Å². The summed E-state index contributed by atoms with van der Waals surface area (Å²) in [6, 6.07) is 1.55. The van der Waals surface area contributed by atoms with Gasteiger partial charge in [0.1, 0.15) is 4.90 Å². The highest BCUT2D eigenvalue weighted by atomic mass is 32.2. The molecule has 1 rings (SSSR count). The molecule has 0 saturated carbocycles. The fourth-order valence-corrected chi connectivity index (χ4v) is 3.25. The van der Waals surface area contributed by atoms with Crippen LogP contribution in [-0.4, -0.2) is 36.0 Å². The first kappa shape index (κ1) is 16.2. The Morgan fingerprint density at radius 1 is 1.32 bits per heavy atom. The standard InChI is InChI=1S/C13H24N2O3S/c1-4-6-7-8-14(3)19(17,18)13-9-12(11-16)15(5-2)10-13/h9-10,16H,4-8,11H2,1-3H3. The van der Waals surface area contributed by atoms with Gasteiger partial charge in [0.25, 0.3) is 0 Å². The van der Waals surface area contributed by atoms with Crippen molar-refractivity contribution in [1.29, 1.82) is 0 Å². The smallest absolute Gasteiger partial charge is 0.244 e. The van der Waals surface area contributed by atoms with E-state index in [2.05, 4.69) is 6.92 Å². The summed E-state index contributed by atoms with van der Waals surface area (Å²) < 4.78 is 27.9. The summed E-state index contributed by atoms with van der Waals surface area (Å²) in [4.78, 5) is 0.261. The Hall–Kier alpha value is -0.850. The molecule has 0 amide bonds. The second kappa shape index (κ2) is 7.07. The van der Waals surface area contributed by atoms with Gasteiger partial charge >= 0.3 is 0 Å². The minimum Gasteiger partial charge on any atom is -0.390 e. The fourth-order valence-electron chi connectivity index (χ4n) is 1.98. The van der Waals surface area contributed by atoms with E-state index in [1.165, 1.54) is 4.31 Å². The zero-order chi connectivity index (χ0) is 14.5. The third-order valence-corrected chi connectivity index (χ3v) is 5.07. The molecule has 0 aliphatic carbocycles. The number of aromatic nitrogens is 1. The lowest BCUT2D eigenvalue weighted by Crippen LogP contribution is -2.27. The van der Waals surface area contributed by atoms with Crippen LogP contribution < -0.4 is 0 Å². The SMILES string of the molecule is CCCCCN(C)S(=O)(=O)c1cc(CO)n(CC)c1. The first-order valence-corrected chi connectivity index (χ1v) is 8.17. The van der Waals surface area contributed by atoms with Crippen LogP contribution in [0.1, 0.15) is 38.8 Å². The van der Waals surface area contributed by atoms with Gasteiger partial charge in [-0.1, -0.05) is 19.8 Å². The maximum atomic E-state index is 12.4. The molecule has 0 radical (unpaired) electrons. The van der Waals surface area contributed by atoms with Gasteiger partial charge in [-0.25, -0.2) is 12.7 Å². The van der Waals surface area contributed by atoms with Crippen molar-refractivity contribution in [2.24, 2.45) is 0 Å². The first-order valence-electron chi connectivity index (χ1n) is 6.73. The second-order valence-corrected chi connectivity index (χ2v) is 6.69. The molecule has 0 spiro atoms. The van der Waals surface area contributed by atoms with E-state index in [1.54, 1.807) is 23.9 Å². The van der Waals surface area contributed by atoms with Gasteiger partial charge < -0.3 is 9.67 Å². The van der Waals surface area contributed by atoms with Gasteiger partial charge in [0.05, 0.1) is 6.61 Å². The molecule has 110 valence electrons. The second-order valence-electron chi connectivity index (χ2n) is 4.64. The van der Waals surface area contributed by atoms with E-state index in [-0.39, 0.29) is 11.5 Å². The average Bonchev–Trinajstić information content (AvgIpc) is 2.82. The van der Waals surface area contributed by atoms with Crippen molar-refractivity contribution in [3.63, 3.8) is 0 Å². The van der Waals surface area contributed by atoms with Gasteiger partial charge in [0.2, 0.25) is 10.0 Å². The molecule has 0 bridgehead atoms. The van der Waals surface area contributed by atoms with Crippen LogP contribution >= 0.6 is 0 Å². The van der Waals surface area contributed by atoms with E-state index in [0.29, 0.717) is 18.8 Å². The molecule has 0 saturated heterocycles. The van der Waals surface area contributed by atoms with Crippen LogP contribution in [0.15, 0.2) is 17.2 Å². The predicted molar refractivity (Wildman–Crippen MR) is 75.4 cm³/mol. The third kappa shape index (κ3) is 3.81. The van der Waals surface area contributed by atoms with Crippen LogP contribution in [0.4, 0.5) is 0 Å². The molecular weight excluding hydrogens is 264 g/mol. The normalized spacial score (nSPS) is 12.3. The van der Waals surface area contributed by atoms with Crippen molar-refractivity contribution in [3.05, 3.63) is 18.0 Å². The van der Waals surface area contributed by atoms with Crippen LogP contribution in [0.5, 0.6) is 0 Å². The largest absolute Gasteiger partial charge is 0.390 e. The van der Waals surface area contributed by atoms with Gasteiger partial charge in [0, 0.05) is 32.0 Å². The molecule has 0 aliphatic heterocycles. The minimum atomic E-state index is -3.44. The Balaban J connectivity index is 2.90. The van der Waals surface area contributed by atoms with Gasteiger partial charge in [-0.15, -0.1) is 0 Å². The van der Waals surface area contributed by atoms with Crippen molar-refractivity contribution < 1.29 is 13.5 Å². The summed E-state index contributed by atoms with van der Waals surface area (Å²) in [7, 11) is -1.84. The van der Waals surface area contributed by atoms with Crippen LogP contribution in [0.2, 0.25) is 0 Å². The van der Waals surface area contributed by atoms with Crippen molar-refractivity contribution in [1.82, 2.24) is 8.87 Å². The number of aryl methyl sites for hydroxylation is 1. The van der Waals surface area contributed by atoms with Crippen molar-refractivity contribution in [2.45, 2.75) is 51.2 Å². The molecule has 0 fully saturated rings. The number of aliphatic hydroxyl groups is 1. The minimum absolute atomic E-state index is 0.150. The topological polar surface area (TPSA) is 62.5 Å². The Morgan fingerprint density at radius 2 is 2.00 bits per heavy atom. The summed E-state index contributed by atoms with van der Waals surface area (Å²) in [6.45, 7) is 5.03. The molecule has 1 heterocycles. The number of nitrogens with zero attached hydrogens (tertiary/aromatic N) is 2. The van der Waals surface area contributed by atoms with E-state index in [4.69, 9.17) is 0 Å². The summed E-state index contributed by atoms with van der Waals surface area (Å²) >= 11 is 0. The molecule has 0 atom stereocenters. The van der Waals surface area contributed by atoms with Crippen LogP contribution in [0.25, 0.3) is 0 Å². The third-order valence-electron chi connectivity index (χ3n) is 3.25. The lowest BCUT2D eigenvalue weighted by Gasteiger charge is -2.15. The highest BCUT2D eigenvalue weighted by Gasteiger charge is 2.22. The van der Waals surface area contributed by atoms with E-state index < -0.39 is 10.0 Å². The van der Waals surface area contributed by atoms with Crippen molar-refractivity contribution in [3.8, 4) is 0 Å². The number of unbranched alkanes of at least 4 members (excludes halogenated alkanes) is 2. The molecule has 0 unspecified atom stereocenters. The Labute approximate surface area is 115 Å². The molecule has 0 aliphatic rings. The highest BCUT2D eigenvalue weighted by molar-refractivity contribution is 7.89. The van der Waals surface area contributed by atoms with E-state index >= 15 is 0 Å². The summed E-state index contributed by atoms with van der Waals surface area (Å²) in [5.74, 6) is 0. The van der Waals surface area contributed by atoms with Crippen molar-refractivity contribution >= 4 is 10.0 Å². The highest BCUT2D eigenvalue weighted by Crippen LogP contribution is 2.19. The van der Waals surface area contributed by atoms with E-state index in [9.17, 15) is 13.5 Å². The monoisotopic (exact) mass is 288 g/mol. The van der Waals surface area contributed by atoms with Crippen LogP contribution in [0.3, 0.4) is 0 Å². The molecule has 0 aromatic carbocycles. The molecule has 6 heteroatoms.